The van der Waals surface area contributed by atoms with Crippen molar-refractivity contribution >= 4 is 28.5 Å². The number of imidazole rings is 1. The van der Waals surface area contributed by atoms with Gasteiger partial charge < -0.3 is 15.5 Å². The molecule has 0 bridgehead atoms. The topological polar surface area (TPSA) is 109 Å². The zero-order valence-corrected chi connectivity index (χ0v) is 23.0. The van der Waals surface area contributed by atoms with E-state index in [1.54, 1.807) is 12.1 Å². The van der Waals surface area contributed by atoms with Gasteiger partial charge in [-0.05, 0) is 57.1 Å². The van der Waals surface area contributed by atoms with Crippen LogP contribution in [0.25, 0.3) is 11.0 Å². The number of nitrogens with one attached hydrogen (secondary N) is 1. The number of aryl methyl sites for hydroxylation is 1. The quantitative estimate of drug-likeness (QED) is 0.547. The first-order chi connectivity index (χ1) is 18.6. The van der Waals surface area contributed by atoms with E-state index in [4.69, 9.17) is 5.73 Å². The number of carbonyl (C=O) groups excluding carboxylic acids is 2. The summed E-state index contributed by atoms with van der Waals surface area (Å²) < 4.78 is 18.5. The predicted octanol–water partition coefficient (Wildman–Crippen LogP) is 1.17. The van der Waals surface area contributed by atoms with Crippen molar-refractivity contribution < 1.29 is 14.0 Å². The Balaban J connectivity index is 1.09. The smallest absolute Gasteiger partial charge is 0.329 e. The van der Waals surface area contributed by atoms with E-state index in [0.717, 1.165) is 71.5 Å². The summed E-state index contributed by atoms with van der Waals surface area (Å²) in [6.07, 6.45) is 4.58. The molecule has 1 aliphatic carbocycles. The molecule has 1 saturated carbocycles. The number of halogens is 1. The van der Waals surface area contributed by atoms with E-state index in [1.807, 2.05) is 0 Å². The number of aromatic nitrogens is 2. The lowest BCUT2D eigenvalue weighted by atomic mass is 9.74. The molecule has 1 aromatic carbocycles. The summed E-state index contributed by atoms with van der Waals surface area (Å²) >= 11 is 0. The molecule has 4 fully saturated rings. The minimum absolute atomic E-state index is 0.0198. The molecule has 11 heteroatoms. The molecule has 10 nitrogen and oxygen atoms in total. The van der Waals surface area contributed by atoms with Gasteiger partial charge in [0.15, 0.2) is 5.82 Å². The van der Waals surface area contributed by atoms with Crippen LogP contribution in [0.5, 0.6) is 0 Å². The van der Waals surface area contributed by atoms with Crippen LogP contribution in [-0.4, -0.2) is 88.1 Å². The number of amides is 2. The van der Waals surface area contributed by atoms with Crippen LogP contribution in [-0.2, 0) is 16.6 Å². The molecule has 6 rings (SSSR count). The highest BCUT2D eigenvalue weighted by molar-refractivity contribution is 6.00. The van der Waals surface area contributed by atoms with E-state index in [2.05, 4.69) is 26.9 Å². The van der Waals surface area contributed by atoms with Gasteiger partial charge >= 0.3 is 5.69 Å². The third kappa shape index (κ3) is 4.89. The highest BCUT2D eigenvalue weighted by Gasteiger charge is 2.41. The first kappa shape index (κ1) is 26.5. The SMILES string of the molecule is Cn1c(=O)n(C2CCC(=O)NC2=O)c2ccc(N3CCC(CN4CCN(C5CC(C)(N)C5)CC4)CC3)c(F)c21. The van der Waals surface area contributed by atoms with Crippen molar-refractivity contribution in [2.45, 2.75) is 63.1 Å². The molecule has 1 aromatic heterocycles. The Labute approximate surface area is 227 Å². The Morgan fingerprint density at radius 2 is 1.72 bits per heavy atom. The number of nitrogens with zero attached hydrogens (tertiary/aromatic N) is 5. The monoisotopic (exact) mass is 541 g/mol. The average Bonchev–Trinajstić information content (AvgIpc) is 3.14. The molecule has 4 aliphatic rings. The normalized spacial score (nSPS) is 29.6. The van der Waals surface area contributed by atoms with Gasteiger partial charge in [-0.1, -0.05) is 0 Å². The predicted molar refractivity (Wildman–Crippen MR) is 147 cm³/mol. The number of piperazine rings is 1. The van der Waals surface area contributed by atoms with Crippen molar-refractivity contribution in [2.75, 3.05) is 50.7 Å². The van der Waals surface area contributed by atoms with Gasteiger partial charge in [0.25, 0.3) is 0 Å². The lowest BCUT2D eigenvalue weighted by Gasteiger charge is -2.50. The highest BCUT2D eigenvalue weighted by atomic mass is 19.1. The van der Waals surface area contributed by atoms with Gasteiger partial charge in [0.2, 0.25) is 11.8 Å². The Bertz CT molecular complexity index is 1330. The molecule has 3 saturated heterocycles. The third-order valence-corrected chi connectivity index (χ3v) is 9.48. The number of hydrogen-bond donors (Lipinski definition) is 2. The summed E-state index contributed by atoms with van der Waals surface area (Å²) in [7, 11) is 1.53. The summed E-state index contributed by atoms with van der Waals surface area (Å²) in [5, 5.41) is 2.30. The van der Waals surface area contributed by atoms with Crippen LogP contribution in [0.1, 0.15) is 51.5 Å². The number of piperidine rings is 2. The van der Waals surface area contributed by atoms with Gasteiger partial charge in [-0.25, -0.2) is 9.18 Å². The third-order valence-electron chi connectivity index (χ3n) is 9.48. The minimum atomic E-state index is -0.823. The zero-order chi connectivity index (χ0) is 27.5. The molecule has 3 N–H and O–H groups in total. The fraction of sp³-hybridized carbons (Fsp3) is 0.679. The van der Waals surface area contributed by atoms with Crippen LogP contribution >= 0.6 is 0 Å². The van der Waals surface area contributed by atoms with Crippen LogP contribution in [0.15, 0.2) is 16.9 Å². The first-order valence-corrected chi connectivity index (χ1v) is 14.3. The van der Waals surface area contributed by atoms with Crippen molar-refractivity contribution in [1.82, 2.24) is 24.3 Å². The Morgan fingerprint density at radius 3 is 2.36 bits per heavy atom. The second-order valence-corrected chi connectivity index (χ2v) is 12.4. The van der Waals surface area contributed by atoms with Crippen molar-refractivity contribution in [3.05, 3.63) is 28.4 Å². The Morgan fingerprint density at radius 1 is 1.03 bits per heavy atom. The maximum Gasteiger partial charge on any atom is 0.329 e. The summed E-state index contributed by atoms with van der Waals surface area (Å²) in [6.45, 7) is 9.20. The number of nitrogens with two attached hydrogens (primary N) is 1. The van der Waals surface area contributed by atoms with Gasteiger partial charge in [0.1, 0.15) is 11.6 Å². The van der Waals surface area contributed by atoms with Crippen molar-refractivity contribution in [2.24, 2.45) is 18.7 Å². The summed E-state index contributed by atoms with van der Waals surface area (Å²) in [5.41, 5.74) is 6.85. The Kier molecular flexibility index (Phi) is 6.79. The zero-order valence-electron chi connectivity index (χ0n) is 23.0. The molecule has 0 radical (unpaired) electrons. The molecule has 1 atom stereocenters. The van der Waals surface area contributed by atoms with E-state index < -0.39 is 23.5 Å². The molecule has 3 aliphatic heterocycles. The van der Waals surface area contributed by atoms with Crippen LogP contribution in [0.4, 0.5) is 10.1 Å². The molecule has 1 unspecified atom stereocenters. The second-order valence-electron chi connectivity index (χ2n) is 12.4. The van der Waals surface area contributed by atoms with Gasteiger partial charge in [-0.3, -0.25) is 28.9 Å². The van der Waals surface area contributed by atoms with Crippen LogP contribution in [0.2, 0.25) is 0 Å². The molecule has 4 heterocycles. The maximum absolute atomic E-state index is 15.9. The molecule has 212 valence electrons. The number of anilines is 1. The van der Waals surface area contributed by atoms with Crippen molar-refractivity contribution in [3.8, 4) is 0 Å². The largest absolute Gasteiger partial charge is 0.369 e. The number of rotatable bonds is 5. The molecule has 2 amide bonds. The molecule has 2 aromatic rings. The number of hydrogen-bond acceptors (Lipinski definition) is 7. The van der Waals surface area contributed by atoms with Gasteiger partial charge in [-0.2, -0.15) is 0 Å². The molecular weight excluding hydrogens is 501 g/mol. The Hall–Kier alpha value is -2.76. The van der Waals surface area contributed by atoms with Crippen LogP contribution in [0.3, 0.4) is 0 Å². The fourth-order valence-corrected chi connectivity index (χ4v) is 7.20. The molecule has 39 heavy (non-hydrogen) atoms. The lowest BCUT2D eigenvalue weighted by molar-refractivity contribution is -0.135. The number of carbonyl (C=O) groups is 2. The van der Waals surface area contributed by atoms with E-state index in [0.29, 0.717) is 23.2 Å². The number of benzene rings is 1. The van der Waals surface area contributed by atoms with Gasteiger partial charge in [0.05, 0.1) is 11.2 Å². The average molecular weight is 542 g/mol. The lowest BCUT2D eigenvalue weighted by Crippen LogP contribution is -2.62. The molecular formula is C28H40FN7O3. The molecule has 0 spiro atoms. The van der Waals surface area contributed by atoms with E-state index >= 15 is 4.39 Å². The van der Waals surface area contributed by atoms with Gasteiger partial charge in [-0.15, -0.1) is 0 Å². The summed E-state index contributed by atoms with van der Waals surface area (Å²) in [5.74, 6) is -0.710. The van der Waals surface area contributed by atoms with Crippen LogP contribution < -0.4 is 21.6 Å². The van der Waals surface area contributed by atoms with Crippen molar-refractivity contribution in [3.63, 3.8) is 0 Å². The number of imide groups is 1. The van der Waals surface area contributed by atoms with Gasteiger partial charge in [0, 0.05) is 70.9 Å². The summed E-state index contributed by atoms with van der Waals surface area (Å²) in [6, 6.07) is 3.29. The van der Waals surface area contributed by atoms with Crippen LogP contribution in [0, 0.1) is 11.7 Å². The number of fused-ring (bicyclic) bond motifs is 1. The minimum Gasteiger partial charge on any atom is -0.369 e. The maximum atomic E-state index is 15.9. The summed E-state index contributed by atoms with van der Waals surface area (Å²) in [4.78, 5) is 44.4. The van der Waals surface area contributed by atoms with E-state index in [9.17, 15) is 14.4 Å². The van der Waals surface area contributed by atoms with E-state index in [-0.39, 0.29) is 29.8 Å². The standard InChI is InChI=1S/C28H40FN7O3/c1-28(30)15-19(16-28)34-13-11-33(12-14-34)17-18-7-9-35(10-8-18)20-3-4-21-25(24(20)29)32(2)27(39)36(21)22-5-6-23(37)31-26(22)38/h3-4,18-19,22H,5-17,30H2,1-2H3,(H,31,37,38). The highest BCUT2D eigenvalue weighted by Crippen LogP contribution is 2.35. The second kappa shape index (κ2) is 10.0. The van der Waals surface area contributed by atoms with E-state index in [1.165, 1.54) is 16.2 Å². The van der Waals surface area contributed by atoms with Crippen molar-refractivity contribution in [1.29, 1.82) is 0 Å². The fourth-order valence-electron chi connectivity index (χ4n) is 7.20. The first-order valence-electron chi connectivity index (χ1n) is 14.3.